The second kappa shape index (κ2) is 7.90. The fourth-order valence-electron chi connectivity index (χ4n) is 3.00. The fourth-order valence-corrected chi connectivity index (χ4v) is 3.35. The van der Waals surface area contributed by atoms with Gasteiger partial charge in [0.05, 0.1) is 4.92 Å². The molecule has 0 aromatic heterocycles. The molecule has 0 heterocycles. The molecule has 0 spiro atoms. The lowest BCUT2D eigenvalue weighted by atomic mass is 9.81. The zero-order chi connectivity index (χ0) is 15.2. The Morgan fingerprint density at radius 1 is 1.33 bits per heavy atom. The zero-order valence-electron chi connectivity index (χ0n) is 12.5. The van der Waals surface area contributed by atoms with E-state index in [1.54, 1.807) is 6.07 Å². The Hall–Kier alpha value is -0.940. The molecule has 0 atom stereocenters. The molecule has 4 nitrogen and oxygen atoms in total. The normalized spacial score (nSPS) is 22.2. The van der Waals surface area contributed by atoms with Crippen molar-refractivity contribution in [1.29, 1.82) is 0 Å². The third-order valence-corrected chi connectivity index (χ3v) is 4.92. The topological polar surface area (TPSA) is 55.2 Å². The largest absolute Gasteiger partial charge is 0.312 e. The molecule has 1 saturated carbocycles. The van der Waals surface area contributed by atoms with Gasteiger partial charge in [-0.05, 0) is 36.9 Å². The third-order valence-electron chi connectivity index (χ3n) is 4.42. The Labute approximate surface area is 134 Å². The Morgan fingerprint density at radius 2 is 2.05 bits per heavy atom. The molecule has 2 rings (SSSR count). The molecular weight excluding hydrogens is 332 g/mol. The van der Waals surface area contributed by atoms with Gasteiger partial charge in [-0.3, -0.25) is 10.1 Å². The summed E-state index contributed by atoms with van der Waals surface area (Å²) in [5.74, 6) is 1.72. The van der Waals surface area contributed by atoms with Crippen molar-refractivity contribution in [1.82, 2.24) is 5.32 Å². The van der Waals surface area contributed by atoms with Crippen LogP contribution in [0.5, 0.6) is 0 Å². The van der Waals surface area contributed by atoms with Crippen LogP contribution in [-0.4, -0.2) is 11.5 Å². The van der Waals surface area contributed by atoms with E-state index in [2.05, 4.69) is 28.2 Å². The van der Waals surface area contributed by atoms with E-state index in [0.29, 0.717) is 6.54 Å². The van der Waals surface area contributed by atoms with E-state index in [4.69, 9.17) is 0 Å². The number of hydrogen-bond donors (Lipinski definition) is 1. The average molecular weight is 355 g/mol. The molecule has 1 aliphatic carbocycles. The summed E-state index contributed by atoms with van der Waals surface area (Å²) < 4.78 is 0.745. The van der Waals surface area contributed by atoms with Gasteiger partial charge in [-0.1, -0.05) is 48.5 Å². The summed E-state index contributed by atoms with van der Waals surface area (Å²) in [5, 5.41) is 14.4. The van der Waals surface area contributed by atoms with Crippen molar-refractivity contribution >= 4 is 21.6 Å². The van der Waals surface area contributed by atoms with Gasteiger partial charge < -0.3 is 5.32 Å². The molecule has 0 bridgehead atoms. The molecule has 1 fully saturated rings. The number of rotatable bonds is 6. The third kappa shape index (κ3) is 5.08. The van der Waals surface area contributed by atoms with Crippen molar-refractivity contribution in [2.45, 2.75) is 45.6 Å². The van der Waals surface area contributed by atoms with Crippen LogP contribution in [0.4, 0.5) is 5.69 Å². The van der Waals surface area contributed by atoms with Gasteiger partial charge in [0.1, 0.15) is 0 Å². The molecule has 0 saturated heterocycles. The molecule has 0 unspecified atom stereocenters. The summed E-state index contributed by atoms with van der Waals surface area (Å²) in [6.07, 6.45) is 6.55. The highest BCUT2D eigenvalue weighted by molar-refractivity contribution is 9.10. The summed E-state index contributed by atoms with van der Waals surface area (Å²) in [6, 6.07) is 5.24. The van der Waals surface area contributed by atoms with Gasteiger partial charge in [0.25, 0.3) is 5.69 Å². The van der Waals surface area contributed by atoms with E-state index in [0.717, 1.165) is 28.4 Å². The highest BCUT2D eigenvalue weighted by Crippen LogP contribution is 2.30. The maximum atomic E-state index is 11.0. The van der Waals surface area contributed by atoms with Crippen LogP contribution >= 0.6 is 15.9 Å². The summed E-state index contributed by atoms with van der Waals surface area (Å²) >= 11 is 3.28. The van der Waals surface area contributed by atoms with E-state index >= 15 is 0 Å². The summed E-state index contributed by atoms with van der Waals surface area (Å²) in [4.78, 5) is 10.7. The molecule has 5 heteroatoms. The van der Waals surface area contributed by atoms with Gasteiger partial charge in [0.2, 0.25) is 0 Å². The highest BCUT2D eigenvalue weighted by atomic mass is 79.9. The van der Waals surface area contributed by atoms with Crippen LogP contribution in [0, 0.1) is 22.0 Å². The first-order valence-corrected chi connectivity index (χ1v) is 8.49. The first kappa shape index (κ1) is 16.4. The minimum absolute atomic E-state index is 0.184. The molecule has 0 radical (unpaired) electrons. The van der Waals surface area contributed by atoms with E-state index in [1.165, 1.54) is 32.1 Å². The smallest absolute Gasteiger partial charge is 0.275 e. The average Bonchev–Trinajstić information content (AvgIpc) is 2.46. The first-order chi connectivity index (χ1) is 10.1. The second-order valence-electron chi connectivity index (χ2n) is 6.12. The molecule has 21 heavy (non-hydrogen) atoms. The van der Waals surface area contributed by atoms with Crippen LogP contribution in [0.2, 0.25) is 0 Å². The molecule has 0 amide bonds. The van der Waals surface area contributed by atoms with Gasteiger partial charge >= 0.3 is 0 Å². The predicted octanol–water partition coefficient (Wildman–Crippen LogP) is 4.66. The predicted molar refractivity (Wildman–Crippen MR) is 88.2 cm³/mol. The van der Waals surface area contributed by atoms with E-state index in [9.17, 15) is 10.1 Å². The van der Waals surface area contributed by atoms with Gasteiger partial charge in [-0.15, -0.1) is 0 Å². The number of halogens is 1. The summed E-state index contributed by atoms with van der Waals surface area (Å²) in [5.41, 5.74) is 0.934. The Bertz CT molecular complexity index is 485. The van der Waals surface area contributed by atoms with Crippen molar-refractivity contribution in [3.8, 4) is 0 Å². The Kier molecular flexibility index (Phi) is 6.18. The Balaban J connectivity index is 1.77. The van der Waals surface area contributed by atoms with Crippen molar-refractivity contribution in [3.05, 3.63) is 38.3 Å². The molecule has 116 valence electrons. The van der Waals surface area contributed by atoms with Crippen LogP contribution in [0.15, 0.2) is 22.7 Å². The Morgan fingerprint density at radius 3 is 2.71 bits per heavy atom. The van der Waals surface area contributed by atoms with E-state index in [1.807, 2.05) is 12.1 Å². The monoisotopic (exact) mass is 354 g/mol. The number of nitrogens with one attached hydrogen (secondary N) is 1. The fraction of sp³-hybridized carbons (Fsp3) is 0.625. The summed E-state index contributed by atoms with van der Waals surface area (Å²) in [7, 11) is 0. The van der Waals surface area contributed by atoms with Gasteiger partial charge in [0, 0.05) is 22.6 Å². The van der Waals surface area contributed by atoms with Crippen molar-refractivity contribution in [2.75, 3.05) is 6.54 Å². The van der Waals surface area contributed by atoms with Gasteiger partial charge in [-0.25, -0.2) is 0 Å². The van der Waals surface area contributed by atoms with Crippen LogP contribution in [0.3, 0.4) is 0 Å². The summed E-state index contributed by atoms with van der Waals surface area (Å²) in [6.45, 7) is 3.83. The molecular formula is C16H23BrN2O2. The number of nitro groups is 1. The number of hydrogen-bond acceptors (Lipinski definition) is 3. The minimum atomic E-state index is -0.315. The van der Waals surface area contributed by atoms with Crippen LogP contribution in [-0.2, 0) is 6.54 Å². The quantitative estimate of drug-likeness (QED) is 0.459. The zero-order valence-corrected chi connectivity index (χ0v) is 14.1. The molecule has 1 aromatic carbocycles. The number of nitro benzene ring substituents is 1. The van der Waals surface area contributed by atoms with E-state index in [-0.39, 0.29) is 10.6 Å². The van der Waals surface area contributed by atoms with E-state index < -0.39 is 0 Å². The number of nitrogens with zero attached hydrogens (tertiary/aromatic N) is 1. The molecule has 1 aromatic rings. The van der Waals surface area contributed by atoms with Gasteiger partial charge in [0.15, 0.2) is 0 Å². The second-order valence-corrected chi connectivity index (χ2v) is 7.04. The lowest BCUT2D eigenvalue weighted by Crippen LogP contribution is -2.21. The number of benzene rings is 1. The van der Waals surface area contributed by atoms with Crippen LogP contribution < -0.4 is 5.32 Å². The van der Waals surface area contributed by atoms with Gasteiger partial charge in [-0.2, -0.15) is 0 Å². The van der Waals surface area contributed by atoms with Crippen molar-refractivity contribution in [2.24, 2.45) is 11.8 Å². The minimum Gasteiger partial charge on any atom is -0.312 e. The van der Waals surface area contributed by atoms with Crippen molar-refractivity contribution < 1.29 is 4.92 Å². The highest BCUT2D eigenvalue weighted by Gasteiger charge is 2.18. The SMILES string of the molecule is CC1CCC(CCNCc2ccc(Br)cc2[N+](=O)[O-])CC1. The molecule has 1 N–H and O–H groups in total. The van der Waals surface area contributed by atoms with Crippen molar-refractivity contribution in [3.63, 3.8) is 0 Å². The maximum Gasteiger partial charge on any atom is 0.275 e. The maximum absolute atomic E-state index is 11.0. The van der Waals surface area contributed by atoms with Crippen LogP contribution in [0.1, 0.15) is 44.6 Å². The molecule has 1 aliphatic rings. The lowest BCUT2D eigenvalue weighted by molar-refractivity contribution is -0.385. The molecule has 0 aliphatic heterocycles. The first-order valence-electron chi connectivity index (χ1n) is 7.70. The standard InChI is InChI=1S/C16H23BrN2O2/c1-12-2-4-13(5-3-12)8-9-18-11-14-6-7-15(17)10-16(14)19(20)21/h6-7,10,12-13,18H,2-5,8-9,11H2,1H3. The van der Waals surface area contributed by atoms with Crippen LogP contribution in [0.25, 0.3) is 0 Å². The lowest BCUT2D eigenvalue weighted by Gasteiger charge is -2.26.